The van der Waals surface area contributed by atoms with Gasteiger partial charge in [0.2, 0.25) is 5.88 Å². The van der Waals surface area contributed by atoms with Crippen molar-refractivity contribution >= 4 is 11.5 Å². The van der Waals surface area contributed by atoms with E-state index in [2.05, 4.69) is 4.98 Å². The van der Waals surface area contributed by atoms with Gasteiger partial charge in [-0.15, -0.1) is 0 Å². The molecule has 0 unspecified atom stereocenters. The Bertz CT molecular complexity index is 273. The molecule has 0 fully saturated rings. The van der Waals surface area contributed by atoms with Gasteiger partial charge in [-0.2, -0.15) is 4.98 Å². The number of methoxy groups -OCH3 is 1. The van der Waals surface area contributed by atoms with Crippen molar-refractivity contribution in [3.8, 4) is 5.88 Å². The third-order valence-corrected chi connectivity index (χ3v) is 1.42. The molecule has 4 nitrogen and oxygen atoms in total. The zero-order chi connectivity index (χ0) is 8.43. The number of anilines is 2. The second-order valence-corrected chi connectivity index (χ2v) is 2.29. The van der Waals surface area contributed by atoms with Crippen molar-refractivity contribution in [3.63, 3.8) is 0 Å². The van der Waals surface area contributed by atoms with Crippen molar-refractivity contribution in [2.45, 2.75) is 6.92 Å². The fourth-order valence-corrected chi connectivity index (χ4v) is 0.838. The first-order valence-corrected chi connectivity index (χ1v) is 3.21. The van der Waals surface area contributed by atoms with Gasteiger partial charge < -0.3 is 16.2 Å². The molecule has 0 amide bonds. The lowest BCUT2D eigenvalue weighted by molar-refractivity contribution is 0.395. The van der Waals surface area contributed by atoms with Gasteiger partial charge in [0.25, 0.3) is 0 Å². The summed E-state index contributed by atoms with van der Waals surface area (Å²) < 4.78 is 4.93. The molecule has 0 aliphatic heterocycles. The van der Waals surface area contributed by atoms with Crippen LogP contribution in [0.3, 0.4) is 0 Å². The van der Waals surface area contributed by atoms with Crippen LogP contribution in [0.25, 0.3) is 0 Å². The summed E-state index contributed by atoms with van der Waals surface area (Å²) in [6.45, 7) is 1.86. The summed E-state index contributed by atoms with van der Waals surface area (Å²) in [5.41, 5.74) is 12.3. The van der Waals surface area contributed by atoms with Gasteiger partial charge in [-0.05, 0) is 13.0 Å². The molecule has 0 saturated carbocycles. The van der Waals surface area contributed by atoms with Gasteiger partial charge in [0.15, 0.2) is 5.82 Å². The van der Waals surface area contributed by atoms with Gasteiger partial charge in [0.1, 0.15) is 0 Å². The highest BCUT2D eigenvalue weighted by molar-refractivity contribution is 5.60. The van der Waals surface area contributed by atoms with Gasteiger partial charge in [0, 0.05) is 5.56 Å². The Labute approximate surface area is 65.2 Å². The molecule has 4 N–H and O–H groups in total. The van der Waals surface area contributed by atoms with E-state index < -0.39 is 0 Å². The van der Waals surface area contributed by atoms with Gasteiger partial charge in [0.05, 0.1) is 12.8 Å². The minimum atomic E-state index is 0.312. The van der Waals surface area contributed by atoms with Crippen molar-refractivity contribution in [1.29, 1.82) is 0 Å². The van der Waals surface area contributed by atoms with Crippen LogP contribution in [0.2, 0.25) is 0 Å². The van der Waals surface area contributed by atoms with E-state index in [1.54, 1.807) is 13.2 Å². The minimum Gasteiger partial charge on any atom is -0.481 e. The Balaban J connectivity index is 3.21. The summed E-state index contributed by atoms with van der Waals surface area (Å²) in [5, 5.41) is 0. The zero-order valence-corrected chi connectivity index (χ0v) is 6.59. The van der Waals surface area contributed by atoms with E-state index in [4.69, 9.17) is 16.2 Å². The van der Waals surface area contributed by atoms with Crippen molar-refractivity contribution in [3.05, 3.63) is 11.6 Å². The minimum absolute atomic E-state index is 0.312. The van der Waals surface area contributed by atoms with Crippen LogP contribution >= 0.6 is 0 Å². The molecule has 60 valence electrons. The van der Waals surface area contributed by atoms with Crippen LogP contribution in [0, 0.1) is 6.92 Å². The molecule has 0 aliphatic rings. The summed E-state index contributed by atoms with van der Waals surface area (Å²) in [7, 11) is 1.55. The quantitative estimate of drug-likeness (QED) is 0.618. The van der Waals surface area contributed by atoms with E-state index in [-0.39, 0.29) is 0 Å². The smallest absolute Gasteiger partial charge is 0.218 e. The van der Waals surface area contributed by atoms with Crippen molar-refractivity contribution in [2.24, 2.45) is 0 Å². The Hall–Kier alpha value is -1.45. The van der Waals surface area contributed by atoms with Gasteiger partial charge in [-0.3, -0.25) is 0 Å². The number of aromatic nitrogens is 1. The Morgan fingerprint density at radius 1 is 1.45 bits per heavy atom. The summed E-state index contributed by atoms with van der Waals surface area (Å²) in [4.78, 5) is 3.92. The van der Waals surface area contributed by atoms with Gasteiger partial charge >= 0.3 is 0 Å². The molecule has 1 rings (SSSR count). The average Bonchev–Trinajstić information content (AvgIpc) is 1.97. The third kappa shape index (κ3) is 1.34. The third-order valence-electron chi connectivity index (χ3n) is 1.42. The molecule has 0 bridgehead atoms. The lowest BCUT2D eigenvalue weighted by Gasteiger charge is -2.05. The number of nitrogen functional groups attached to an aromatic ring is 2. The fourth-order valence-electron chi connectivity index (χ4n) is 0.838. The first kappa shape index (κ1) is 7.65. The standard InChI is InChI=1S/C7H11N3O/c1-4-3-5(8)6(9)10-7(4)11-2/h3H,8H2,1-2H3,(H2,9,10). The molecule has 1 aromatic heterocycles. The SMILES string of the molecule is COc1nc(N)c(N)cc1C. The van der Waals surface area contributed by atoms with Gasteiger partial charge in [-0.25, -0.2) is 0 Å². The van der Waals surface area contributed by atoms with Crippen LogP contribution in [0.15, 0.2) is 6.07 Å². The maximum absolute atomic E-state index is 5.50. The molecule has 0 aliphatic carbocycles. The van der Waals surface area contributed by atoms with Crippen molar-refractivity contribution in [1.82, 2.24) is 4.98 Å². The number of aryl methyl sites for hydroxylation is 1. The van der Waals surface area contributed by atoms with E-state index >= 15 is 0 Å². The predicted octanol–water partition coefficient (Wildman–Crippen LogP) is 0.563. The fraction of sp³-hybridized carbons (Fsp3) is 0.286. The maximum Gasteiger partial charge on any atom is 0.218 e. The maximum atomic E-state index is 5.50. The highest BCUT2D eigenvalue weighted by Crippen LogP contribution is 2.21. The molecule has 1 heterocycles. The lowest BCUT2D eigenvalue weighted by Crippen LogP contribution is -2.01. The van der Waals surface area contributed by atoms with E-state index in [9.17, 15) is 0 Å². The second-order valence-electron chi connectivity index (χ2n) is 2.29. The number of hydrogen-bond donors (Lipinski definition) is 2. The van der Waals surface area contributed by atoms with E-state index in [0.29, 0.717) is 17.4 Å². The van der Waals surface area contributed by atoms with Crippen LogP contribution in [-0.2, 0) is 0 Å². The second kappa shape index (κ2) is 2.65. The molecule has 4 heteroatoms. The summed E-state index contributed by atoms with van der Waals surface area (Å²) in [6, 6.07) is 1.74. The van der Waals surface area contributed by atoms with E-state index in [0.717, 1.165) is 5.56 Å². The molecule has 11 heavy (non-hydrogen) atoms. The van der Waals surface area contributed by atoms with E-state index in [1.807, 2.05) is 6.92 Å². The van der Waals surface area contributed by atoms with Gasteiger partial charge in [-0.1, -0.05) is 0 Å². The molecule has 0 aromatic carbocycles. The number of pyridine rings is 1. The first-order chi connectivity index (χ1) is 5.15. The number of nitrogens with zero attached hydrogens (tertiary/aromatic N) is 1. The van der Waals surface area contributed by atoms with Crippen LogP contribution in [0.5, 0.6) is 5.88 Å². The Kier molecular flexibility index (Phi) is 1.85. The van der Waals surface area contributed by atoms with E-state index in [1.165, 1.54) is 0 Å². The molecular formula is C7H11N3O. The molecule has 0 atom stereocenters. The molecule has 0 spiro atoms. The molecule has 0 saturated heterocycles. The number of nitrogens with two attached hydrogens (primary N) is 2. The first-order valence-electron chi connectivity index (χ1n) is 3.21. The average molecular weight is 153 g/mol. The summed E-state index contributed by atoms with van der Waals surface area (Å²) in [5.74, 6) is 0.837. The highest BCUT2D eigenvalue weighted by atomic mass is 16.5. The zero-order valence-electron chi connectivity index (χ0n) is 6.59. The summed E-state index contributed by atoms with van der Waals surface area (Å²) >= 11 is 0. The molecule has 1 aromatic rings. The lowest BCUT2D eigenvalue weighted by atomic mass is 10.3. The molecule has 0 radical (unpaired) electrons. The Morgan fingerprint density at radius 3 is 2.64 bits per heavy atom. The highest BCUT2D eigenvalue weighted by Gasteiger charge is 2.02. The van der Waals surface area contributed by atoms with Crippen LogP contribution in [0.1, 0.15) is 5.56 Å². The topological polar surface area (TPSA) is 74.2 Å². The Morgan fingerprint density at radius 2 is 2.09 bits per heavy atom. The van der Waals surface area contributed by atoms with Crippen molar-refractivity contribution in [2.75, 3.05) is 18.6 Å². The largest absolute Gasteiger partial charge is 0.481 e. The van der Waals surface area contributed by atoms with Crippen LogP contribution < -0.4 is 16.2 Å². The monoisotopic (exact) mass is 153 g/mol. The molecular weight excluding hydrogens is 142 g/mol. The number of rotatable bonds is 1. The predicted molar refractivity (Wildman–Crippen MR) is 44.4 cm³/mol. The summed E-state index contributed by atoms with van der Waals surface area (Å²) in [6.07, 6.45) is 0. The van der Waals surface area contributed by atoms with Crippen LogP contribution in [0.4, 0.5) is 11.5 Å². The van der Waals surface area contributed by atoms with Crippen molar-refractivity contribution < 1.29 is 4.74 Å². The van der Waals surface area contributed by atoms with Crippen LogP contribution in [-0.4, -0.2) is 12.1 Å². The number of ether oxygens (including phenoxy) is 1. The normalized spacial score (nSPS) is 9.64. The number of hydrogen-bond acceptors (Lipinski definition) is 4.